The van der Waals surface area contributed by atoms with Gasteiger partial charge in [-0.25, -0.2) is 4.79 Å². The number of oxime groups is 1. The van der Waals surface area contributed by atoms with Gasteiger partial charge in [-0.1, -0.05) is 5.16 Å². The van der Waals surface area contributed by atoms with Crippen LogP contribution in [0.4, 0.5) is 0 Å². The van der Waals surface area contributed by atoms with Crippen molar-refractivity contribution >= 4 is 11.7 Å². The van der Waals surface area contributed by atoms with Crippen LogP contribution in [0.5, 0.6) is 0 Å². The topological polar surface area (TPSA) is 58.9 Å². The van der Waals surface area contributed by atoms with Gasteiger partial charge in [0.25, 0.3) is 0 Å². The van der Waals surface area contributed by atoms with E-state index in [1.165, 1.54) is 0 Å². The minimum atomic E-state index is -0.931. The SMILES string of the molecule is O=C(O)C1=NO[C@H]2CCC[C@H]12. The maximum absolute atomic E-state index is 10.5. The molecule has 1 aliphatic carbocycles. The van der Waals surface area contributed by atoms with Crippen molar-refractivity contribution in [1.82, 2.24) is 0 Å². The number of nitrogens with zero attached hydrogens (tertiary/aromatic N) is 1. The van der Waals surface area contributed by atoms with E-state index in [1.54, 1.807) is 0 Å². The van der Waals surface area contributed by atoms with Crippen molar-refractivity contribution in [2.45, 2.75) is 25.4 Å². The summed E-state index contributed by atoms with van der Waals surface area (Å²) in [5.41, 5.74) is 0.215. The molecule has 0 aromatic rings. The number of carboxylic acids is 1. The van der Waals surface area contributed by atoms with Crippen LogP contribution in [0.3, 0.4) is 0 Å². The molecule has 0 saturated heterocycles. The number of rotatable bonds is 1. The molecule has 11 heavy (non-hydrogen) atoms. The normalized spacial score (nSPS) is 34.4. The highest BCUT2D eigenvalue weighted by Gasteiger charge is 2.41. The van der Waals surface area contributed by atoms with Gasteiger partial charge in [-0.3, -0.25) is 0 Å². The molecule has 2 atom stereocenters. The lowest BCUT2D eigenvalue weighted by Gasteiger charge is -2.04. The van der Waals surface area contributed by atoms with Crippen molar-refractivity contribution in [3.63, 3.8) is 0 Å². The van der Waals surface area contributed by atoms with Gasteiger partial charge in [0, 0.05) is 0 Å². The van der Waals surface area contributed by atoms with Crippen LogP contribution in [0.1, 0.15) is 19.3 Å². The summed E-state index contributed by atoms with van der Waals surface area (Å²) in [7, 11) is 0. The predicted molar refractivity (Wildman–Crippen MR) is 37.3 cm³/mol. The zero-order valence-electron chi connectivity index (χ0n) is 5.99. The largest absolute Gasteiger partial charge is 0.477 e. The molecule has 1 fully saturated rings. The Bertz CT molecular complexity index is 224. The van der Waals surface area contributed by atoms with Gasteiger partial charge in [-0.15, -0.1) is 0 Å². The molecule has 60 valence electrons. The first-order valence-corrected chi connectivity index (χ1v) is 3.76. The van der Waals surface area contributed by atoms with Crippen molar-refractivity contribution in [2.75, 3.05) is 0 Å². The first kappa shape index (κ1) is 6.64. The highest BCUT2D eigenvalue weighted by atomic mass is 16.6. The summed E-state index contributed by atoms with van der Waals surface area (Å²) in [4.78, 5) is 15.5. The molecular weight excluding hydrogens is 146 g/mol. The standard InChI is InChI=1S/C7H9NO3/c9-7(10)6-4-2-1-3-5(4)11-8-6/h4-5H,1-3H2,(H,9,10)/t4-,5-/m0/s1. The van der Waals surface area contributed by atoms with Crippen LogP contribution in [-0.2, 0) is 9.63 Å². The lowest BCUT2D eigenvalue weighted by atomic mass is 10.0. The monoisotopic (exact) mass is 155 g/mol. The summed E-state index contributed by atoms with van der Waals surface area (Å²) >= 11 is 0. The Labute approximate surface area is 63.8 Å². The van der Waals surface area contributed by atoms with Crippen LogP contribution in [0.15, 0.2) is 5.16 Å². The fourth-order valence-electron chi connectivity index (χ4n) is 1.75. The third-order valence-electron chi connectivity index (χ3n) is 2.31. The molecule has 4 heteroatoms. The van der Waals surface area contributed by atoms with E-state index in [1.807, 2.05) is 0 Å². The molecule has 2 rings (SSSR count). The zero-order chi connectivity index (χ0) is 7.84. The molecule has 1 heterocycles. The zero-order valence-corrected chi connectivity index (χ0v) is 5.99. The molecule has 4 nitrogen and oxygen atoms in total. The number of fused-ring (bicyclic) bond motifs is 1. The third-order valence-corrected chi connectivity index (χ3v) is 2.31. The number of carbonyl (C=O) groups is 1. The van der Waals surface area contributed by atoms with Crippen LogP contribution < -0.4 is 0 Å². The molecule has 2 aliphatic rings. The van der Waals surface area contributed by atoms with Gasteiger partial charge in [-0.2, -0.15) is 0 Å². The van der Waals surface area contributed by atoms with Crippen LogP contribution in [0.25, 0.3) is 0 Å². The van der Waals surface area contributed by atoms with E-state index in [0.29, 0.717) is 0 Å². The Kier molecular flexibility index (Phi) is 1.34. The van der Waals surface area contributed by atoms with Crippen molar-refractivity contribution in [1.29, 1.82) is 0 Å². The summed E-state index contributed by atoms with van der Waals surface area (Å²) in [6, 6.07) is 0. The molecule has 1 saturated carbocycles. The lowest BCUT2D eigenvalue weighted by molar-refractivity contribution is -0.129. The second-order valence-electron chi connectivity index (χ2n) is 2.96. The van der Waals surface area contributed by atoms with Crippen molar-refractivity contribution in [3.8, 4) is 0 Å². The second-order valence-corrected chi connectivity index (χ2v) is 2.96. The van der Waals surface area contributed by atoms with E-state index in [4.69, 9.17) is 9.94 Å². The molecule has 0 spiro atoms. The summed E-state index contributed by atoms with van der Waals surface area (Å²) in [5.74, 6) is -0.869. The third kappa shape index (κ3) is 0.895. The average Bonchev–Trinajstić information content (AvgIpc) is 2.41. The van der Waals surface area contributed by atoms with Crippen LogP contribution >= 0.6 is 0 Å². The van der Waals surface area contributed by atoms with Crippen molar-refractivity contribution in [3.05, 3.63) is 0 Å². The van der Waals surface area contributed by atoms with E-state index in [-0.39, 0.29) is 17.7 Å². The van der Waals surface area contributed by atoms with Gasteiger partial charge in [0.1, 0.15) is 6.10 Å². The van der Waals surface area contributed by atoms with Crippen molar-refractivity contribution in [2.24, 2.45) is 11.1 Å². The minimum Gasteiger partial charge on any atom is -0.477 e. The van der Waals surface area contributed by atoms with Crippen molar-refractivity contribution < 1.29 is 14.7 Å². The van der Waals surface area contributed by atoms with E-state index in [2.05, 4.69) is 5.16 Å². The Morgan fingerprint density at radius 3 is 3.18 bits per heavy atom. The quantitative estimate of drug-likeness (QED) is 0.604. The van der Waals surface area contributed by atoms with Crippen LogP contribution in [0.2, 0.25) is 0 Å². The summed E-state index contributed by atoms with van der Waals surface area (Å²) in [6.45, 7) is 0. The number of carboxylic acid groups (broad SMARTS) is 1. The van der Waals surface area contributed by atoms with Gasteiger partial charge in [0.2, 0.25) is 0 Å². The van der Waals surface area contributed by atoms with E-state index in [9.17, 15) is 4.79 Å². The molecule has 1 aliphatic heterocycles. The Morgan fingerprint density at radius 2 is 2.45 bits per heavy atom. The number of hydrogen-bond donors (Lipinski definition) is 1. The smallest absolute Gasteiger partial charge is 0.354 e. The molecular formula is C7H9NO3. The number of hydrogen-bond acceptors (Lipinski definition) is 3. The van der Waals surface area contributed by atoms with Gasteiger partial charge in [0.05, 0.1) is 5.92 Å². The van der Waals surface area contributed by atoms with E-state index < -0.39 is 5.97 Å². The van der Waals surface area contributed by atoms with Gasteiger partial charge in [-0.05, 0) is 19.3 Å². The summed E-state index contributed by atoms with van der Waals surface area (Å²) in [5, 5.41) is 12.2. The lowest BCUT2D eigenvalue weighted by Crippen LogP contribution is -2.23. The van der Waals surface area contributed by atoms with Gasteiger partial charge >= 0.3 is 5.97 Å². The molecule has 0 unspecified atom stereocenters. The maximum Gasteiger partial charge on any atom is 0.354 e. The van der Waals surface area contributed by atoms with E-state index >= 15 is 0 Å². The molecule has 0 radical (unpaired) electrons. The highest BCUT2D eigenvalue weighted by molar-refractivity contribution is 6.36. The first-order valence-electron chi connectivity index (χ1n) is 3.76. The summed E-state index contributed by atoms with van der Waals surface area (Å²) in [6.07, 6.45) is 2.98. The average molecular weight is 155 g/mol. The minimum absolute atomic E-state index is 0.0566. The van der Waals surface area contributed by atoms with Crippen LogP contribution in [-0.4, -0.2) is 22.9 Å². The Morgan fingerprint density at radius 1 is 1.64 bits per heavy atom. The number of aliphatic carboxylic acids is 1. The Balaban J connectivity index is 2.18. The second kappa shape index (κ2) is 2.22. The highest BCUT2D eigenvalue weighted by Crippen LogP contribution is 2.33. The van der Waals surface area contributed by atoms with Gasteiger partial charge in [0.15, 0.2) is 5.71 Å². The molecule has 0 bridgehead atoms. The predicted octanol–water partition coefficient (Wildman–Crippen LogP) is 0.626. The first-order chi connectivity index (χ1) is 5.29. The molecule has 1 N–H and O–H groups in total. The fraction of sp³-hybridized carbons (Fsp3) is 0.714. The molecule has 0 amide bonds. The molecule has 0 aromatic carbocycles. The van der Waals surface area contributed by atoms with E-state index in [0.717, 1.165) is 19.3 Å². The maximum atomic E-state index is 10.5. The Hall–Kier alpha value is -1.06. The fourth-order valence-corrected chi connectivity index (χ4v) is 1.75. The summed E-state index contributed by atoms with van der Waals surface area (Å²) < 4.78 is 0. The van der Waals surface area contributed by atoms with Gasteiger partial charge < -0.3 is 9.94 Å². The van der Waals surface area contributed by atoms with Crippen LogP contribution in [0, 0.1) is 5.92 Å². The molecule has 0 aromatic heterocycles.